The summed E-state index contributed by atoms with van der Waals surface area (Å²) >= 11 is 16.2. The molecule has 0 fully saturated rings. The molecule has 1 atom stereocenters. The number of alkyl halides is 1. The maximum atomic E-state index is 6.40. The van der Waals surface area contributed by atoms with Crippen LogP contribution in [0.2, 0.25) is 10.0 Å². The van der Waals surface area contributed by atoms with Gasteiger partial charge in [0, 0.05) is 16.1 Å². The lowest BCUT2D eigenvalue weighted by Gasteiger charge is -2.22. The van der Waals surface area contributed by atoms with Gasteiger partial charge in [0.1, 0.15) is 13.2 Å². The highest BCUT2D eigenvalue weighted by Gasteiger charge is 2.21. The minimum atomic E-state index is -0.0560. The zero-order chi connectivity index (χ0) is 15.0. The second kappa shape index (κ2) is 6.07. The maximum Gasteiger partial charge on any atom is 0.162 e. The molecule has 0 spiro atoms. The van der Waals surface area contributed by atoms with Gasteiger partial charge in [0.25, 0.3) is 0 Å². The molecule has 0 N–H and O–H groups in total. The van der Waals surface area contributed by atoms with Crippen LogP contribution in [-0.4, -0.2) is 13.2 Å². The van der Waals surface area contributed by atoms with Crippen molar-refractivity contribution in [1.29, 1.82) is 0 Å². The van der Waals surface area contributed by atoms with Gasteiger partial charge in [-0.05, 0) is 41.8 Å². The molecule has 0 saturated carbocycles. The summed E-state index contributed by atoms with van der Waals surface area (Å²) in [5.41, 5.74) is 3.17. The quantitative estimate of drug-likeness (QED) is 0.628. The van der Waals surface area contributed by atoms with Gasteiger partial charge in [-0.3, -0.25) is 0 Å². The number of fused-ring (bicyclic) bond motifs is 1. The monoisotopic (exact) mass is 386 g/mol. The van der Waals surface area contributed by atoms with Crippen LogP contribution < -0.4 is 9.47 Å². The zero-order valence-corrected chi connectivity index (χ0v) is 14.4. The molecule has 110 valence electrons. The molecule has 21 heavy (non-hydrogen) atoms. The lowest BCUT2D eigenvalue weighted by atomic mass is 10.00. The summed E-state index contributed by atoms with van der Waals surface area (Å²) in [7, 11) is 0. The van der Waals surface area contributed by atoms with Gasteiger partial charge in [0.15, 0.2) is 11.5 Å². The molecule has 1 heterocycles. The standard InChI is InChI=1S/C16H13BrCl2O2/c1-9-2-3-10(18)6-11(9)16(17)12-7-14-15(8-13(12)19)21-5-4-20-14/h2-3,6-8,16H,4-5H2,1H3. The fourth-order valence-corrected chi connectivity index (χ4v) is 3.77. The van der Waals surface area contributed by atoms with Crippen LogP contribution in [0, 0.1) is 6.92 Å². The Bertz CT molecular complexity index is 688. The van der Waals surface area contributed by atoms with Crippen molar-refractivity contribution in [2.24, 2.45) is 0 Å². The predicted molar refractivity (Wildman–Crippen MR) is 89.4 cm³/mol. The van der Waals surface area contributed by atoms with Crippen LogP contribution in [0.4, 0.5) is 0 Å². The van der Waals surface area contributed by atoms with Crippen LogP contribution >= 0.6 is 39.1 Å². The molecule has 3 rings (SSSR count). The van der Waals surface area contributed by atoms with Gasteiger partial charge in [0.2, 0.25) is 0 Å². The normalized spacial score (nSPS) is 14.9. The molecule has 0 saturated heterocycles. The molecule has 5 heteroatoms. The topological polar surface area (TPSA) is 18.5 Å². The Hall–Kier alpha value is -0.900. The fraction of sp³-hybridized carbons (Fsp3) is 0.250. The van der Waals surface area contributed by atoms with Crippen LogP contribution in [0.3, 0.4) is 0 Å². The molecule has 2 aromatic carbocycles. The van der Waals surface area contributed by atoms with E-state index in [1.165, 1.54) is 0 Å². The minimum Gasteiger partial charge on any atom is -0.486 e. The molecule has 1 aliphatic heterocycles. The van der Waals surface area contributed by atoms with E-state index in [0.29, 0.717) is 29.0 Å². The van der Waals surface area contributed by atoms with Crippen molar-refractivity contribution < 1.29 is 9.47 Å². The molecule has 1 aliphatic rings. The number of aryl methyl sites for hydroxylation is 1. The highest BCUT2D eigenvalue weighted by Crippen LogP contribution is 2.43. The van der Waals surface area contributed by atoms with E-state index in [-0.39, 0.29) is 4.83 Å². The van der Waals surface area contributed by atoms with Crippen molar-refractivity contribution in [1.82, 2.24) is 0 Å². The molecule has 0 bridgehead atoms. The molecule has 2 aromatic rings. The lowest BCUT2D eigenvalue weighted by Crippen LogP contribution is -2.15. The van der Waals surface area contributed by atoms with E-state index in [4.69, 9.17) is 32.7 Å². The molecule has 1 unspecified atom stereocenters. The number of halogens is 3. The summed E-state index contributed by atoms with van der Waals surface area (Å²) in [5.74, 6) is 1.42. The second-order valence-corrected chi connectivity index (χ2v) is 6.64. The van der Waals surface area contributed by atoms with Gasteiger partial charge < -0.3 is 9.47 Å². The summed E-state index contributed by atoms with van der Waals surface area (Å²) < 4.78 is 11.2. The smallest absolute Gasteiger partial charge is 0.162 e. The summed E-state index contributed by atoms with van der Waals surface area (Å²) in [6.45, 7) is 3.15. The van der Waals surface area contributed by atoms with E-state index in [1.807, 2.05) is 31.2 Å². The van der Waals surface area contributed by atoms with Crippen LogP contribution in [0.15, 0.2) is 30.3 Å². The molecule has 0 amide bonds. The molecule has 0 radical (unpaired) electrons. The van der Waals surface area contributed by atoms with Crippen LogP contribution in [0.25, 0.3) is 0 Å². The summed E-state index contributed by atoms with van der Waals surface area (Å²) in [6, 6.07) is 9.56. The van der Waals surface area contributed by atoms with Gasteiger partial charge in [-0.25, -0.2) is 0 Å². The highest BCUT2D eigenvalue weighted by atomic mass is 79.9. The number of ether oxygens (including phenoxy) is 2. The Balaban J connectivity index is 2.05. The van der Waals surface area contributed by atoms with Crippen molar-refractivity contribution in [2.75, 3.05) is 13.2 Å². The van der Waals surface area contributed by atoms with E-state index in [2.05, 4.69) is 15.9 Å². The van der Waals surface area contributed by atoms with Crippen LogP contribution in [0.5, 0.6) is 11.5 Å². The molecule has 0 aliphatic carbocycles. The molecular weight excluding hydrogens is 375 g/mol. The van der Waals surface area contributed by atoms with Gasteiger partial charge in [-0.15, -0.1) is 0 Å². The Morgan fingerprint density at radius 1 is 1.00 bits per heavy atom. The fourth-order valence-electron chi connectivity index (χ4n) is 2.33. The zero-order valence-electron chi connectivity index (χ0n) is 11.3. The van der Waals surface area contributed by atoms with E-state index in [0.717, 1.165) is 22.4 Å². The Labute approximate surface area is 142 Å². The van der Waals surface area contributed by atoms with Crippen LogP contribution in [-0.2, 0) is 0 Å². The van der Waals surface area contributed by atoms with E-state index < -0.39 is 0 Å². The first-order valence-electron chi connectivity index (χ1n) is 6.55. The first kappa shape index (κ1) is 15.0. The van der Waals surface area contributed by atoms with Crippen molar-refractivity contribution in [2.45, 2.75) is 11.8 Å². The third-order valence-corrected chi connectivity index (χ3v) is 5.00. The number of hydrogen-bond acceptors (Lipinski definition) is 2. The first-order chi connectivity index (χ1) is 10.1. The van der Waals surface area contributed by atoms with Gasteiger partial charge in [-0.1, -0.05) is 45.2 Å². The minimum absolute atomic E-state index is 0.0560. The van der Waals surface area contributed by atoms with Gasteiger partial charge >= 0.3 is 0 Å². The van der Waals surface area contributed by atoms with Crippen molar-refractivity contribution >= 4 is 39.1 Å². The van der Waals surface area contributed by atoms with Crippen LogP contribution in [0.1, 0.15) is 21.5 Å². The van der Waals surface area contributed by atoms with Gasteiger partial charge in [0.05, 0.1) is 4.83 Å². The van der Waals surface area contributed by atoms with Crippen molar-refractivity contribution in [3.8, 4) is 11.5 Å². The number of benzene rings is 2. The number of hydrogen-bond donors (Lipinski definition) is 0. The summed E-state index contributed by atoms with van der Waals surface area (Å²) in [6.07, 6.45) is 0. The van der Waals surface area contributed by atoms with Crippen molar-refractivity contribution in [3.05, 3.63) is 57.1 Å². The Morgan fingerprint density at radius 3 is 2.38 bits per heavy atom. The van der Waals surface area contributed by atoms with Crippen molar-refractivity contribution in [3.63, 3.8) is 0 Å². The molecular formula is C16H13BrCl2O2. The van der Waals surface area contributed by atoms with E-state index in [9.17, 15) is 0 Å². The average molecular weight is 388 g/mol. The third-order valence-electron chi connectivity index (χ3n) is 3.45. The molecule has 0 aromatic heterocycles. The largest absolute Gasteiger partial charge is 0.486 e. The third kappa shape index (κ3) is 3.01. The number of rotatable bonds is 2. The average Bonchev–Trinajstić information content (AvgIpc) is 2.48. The van der Waals surface area contributed by atoms with E-state index in [1.54, 1.807) is 6.07 Å². The molecule has 2 nitrogen and oxygen atoms in total. The predicted octanol–water partition coefficient (Wildman–Crippen LogP) is 5.56. The van der Waals surface area contributed by atoms with Gasteiger partial charge in [-0.2, -0.15) is 0 Å². The summed E-state index contributed by atoms with van der Waals surface area (Å²) in [4.78, 5) is -0.0560. The highest BCUT2D eigenvalue weighted by molar-refractivity contribution is 9.09. The lowest BCUT2D eigenvalue weighted by molar-refractivity contribution is 0.171. The Kier molecular flexibility index (Phi) is 4.34. The summed E-state index contributed by atoms with van der Waals surface area (Å²) in [5, 5.41) is 1.34. The SMILES string of the molecule is Cc1ccc(Cl)cc1C(Br)c1cc2c(cc1Cl)OCCO2. The van der Waals surface area contributed by atoms with E-state index >= 15 is 0 Å². The first-order valence-corrected chi connectivity index (χ1v) is 8.22. The second-order valence-electron chi connectivity index (χ2n) is 4.88. The maximum absolute atomic E-state index is 6.40. The Morgan fingerprint density at radius 2 is 1.67 bits per heavy atom.